The van der Waals surface area contributed by atoms with Crippen LogP contribution in [0.5, 0.6) is 0 Å². The Labute approximate surface area is 112 Å². The highest BCUT2D eigenvalue weighted by atomic mass is 35.5. The maximum Gasteiger partial charge on any atom is 0.0652 e. The average molecular weight is 274 g/mol. The average Bonchev–Trinajstić information content (AvgIpc) is 2.21. The van der Waals surface area contributed by atoms with Gasteiger partial charge < -0.3 is 10.1 Å². The molecule has 1 N–H and O–H groups in total. The Morgan fingerprint density at radius 3 is 2.76 bits per heavy atom. The smallest absolute Gasteiger partial charge is 0.0652 e. The highest BCUT2D eigenvalue weighted by Crippen LogP contribution is 2.30. The fourth-order valence-electron chi connectivity index (χ4n) is 2.18. The summed E-state index contributed by atoms with van der Waals surface area (Å²) >= 11 is 12.0. The van der Waals surface area contributed by atoms with Gasteiger partial charge in [0.25, 0.3) is 0 Å². The lowest BCUT2D eigenvalue weighted by molar-refractivity contribution is -0.0553. The summed E-state index contributed by atoms with van der Waals surface area (Å²) in [6.45, 7) is 5.02. The zero-order valence-corrected chi connectivity index (χ0v) is 11.6. The molecule has 17 heavy (non-hydrogen) atoms. The van der Waals surface area contributed by atoms with Crippen molar-refractivity contribution in [1.29, 1.82) is 0 Å². The zero-order valence-electron chi connectivity index (χ0n) is 10.1. The van der Waals surface area contributed by atoms with Crippen LogP contribution >= 0.6 is 23.2 Å². The Bertz CT molecular complexity index is 406. The van der Waals surface area contributed by atoms with Crippen molar-refractivity contribution in [3.05, 3.63) is 28.2 Å². The van der Waals surface area contributed by atoms with Gasteiger partial charge in [-0.25, -0.2) is 0 Å². The van der Waals surface area contributed by atoms with Gasteiger partial charge in [-0.3, -0.25) is 0 Å². The minimum Gasteiger partial charge on any atom is -0.381 e. The zero-order chi connectivity index (χ0) is 12.5. The van der Waals surface area contributed by atoms with Gasteiger partial charge in [0.15, 0.2) is 0 Å². The summed E-state index contributed by atoms with van der Waals surface area (Å²) in [5.74, 6) is 0. The van der Waals surface area contributed by atoms with Crippen molar-refractivity contribution in [3.8, 4) is 0 Å². The van der Waals surface area contributed by atoms with Crippen LogP contribution in [0.1, 0.15) is 26.7 Å². The van der Waals surface area contributed by atoms with Gasteiger partial charge in [-0.05, 0) is 44.9 Å². The first kappa shape index (κ1) is 13.0. The van der Waals surface area contributed by atoms with Crippen molar-refractivity contribution in [3.63, 3.8) is 0 Å². The third-order valence-corrected chi connectivity index (χ3v) is 3.54. The number of ether oxygens (including phenoxy) is 1. The Morgan fingerprint density at radius 1 is 1.35 bits per heavy atom. The molecule has 1 atom stereocenters. The van der Waals surface area contributed by atoms with Gasteiger partial charge in [0.05, 0.1) is 16.3 Å². The molecule has 2 rings (SSSR count). The summed E-state index contributed by atoms with van der Waals surface area (Å²) in [4.78, 5) is 0. The molecule has 0 bridgehead atoms. The number of anilines is 1. The van der Waals surface area contributed by atoms with Gasteiger partial charge in [0, 0.05) is 17.7 Å². The predicted octanol–water partition coefficient (Wildman–Crippen LogP) is 4.36. The molecule has 0 radical (unpaired) electrons. The minimum absolute atomic E-state index is 0.0607. The first-order valence-electron chi connectivity index (χ1n) is 5.82. The maximum atomic E-state index is 6.14. The van der Waals surface area contributed by atoms with E-state index in [0.29, 0.717) is 16.1 Å². The van der Waals surface area contributed by atoms with Crippen LogP contribution in [-0.2, 0) is 4.74 Å². The largest absolute Gasteiger partial charge is 0.381 e. The molecule has 0 amide bonds. The third kappa shape index (κ3) is 3.51. The number of hydrogen-bond acceptors (Lipinski definition) is 2. The van der Waals surface area contributed by atoms with Gasteiger partial charge in [0.1, 0.15) is 0 Å². The molecule has 1 unspecified atom stereocenters. The molecular formula is C13H17Cl2NO. The Balaban J connectivity index is 2.05. The quantitative estimate of drug-likeness (QED) is 0.865. The molecule has 1 aromatic rings. The van der Waals surface area contributed by atoms with Crippen LogP contribution in [0.3, 0.4) is 0 Å². The van der Waals surface area contributed by atoms with Crippen molar-refractivity contribution in [2.45, 2.75) is 38.3 Å². The van der Waals surface area contributed by atoms with E-state index < -0.39 is 0 Å². The van der Waals surface area contributed by atoms with Crippen LogP contribution in [-0.4, -0.2) is 18.2 Å². The fourth-order valence-corrected chi connectivity index (χ4v) is 2.64. The first-order chi connectivity index (χ1) is 7.96. The van der Waals surface area contributed by atoms with E-state index in [1.807, 2.05) is 12.1 Å². The van der Waals surface area contributed by atoms with Crippen LogP contribution in [0.25, 0.3) is 0 Å². The second-order valence-electron chi connectivity index (χ2n) is 5.07. The van der Waals surface area contributed by atoms with Crippen LogP contribution in [0.15, 0.2) is 18.2 Å². The molecule has 1 aliphatic heterocycles. The first-order valence-corrected chi connectivity index (χ1v) is 6.57. The molecule has 1 saturated heterocycles. The molecule has 0 saturated carbocycles. The standard InChI is InChI=1S/C13H17Cl2NO/c1-13(2)8-10(5-6-17-13)16-12-4-3-9(14)7-11(12)15/h3-4,7,10,16H,5-6,8H2,1-2H3. The highest BCUT2D eigenvalue weighted by molar-refractivity contribution is 6.36. The van der Waals surface area contributed by atoms with E-state index in [1.165, 1.54) is 0 Å². The molecule has 1 fully saturated rings. The fraction of sp³-hybridized carbons (Fsp3) is 0.538. The molecule has 1 aromatic carbocycles. The monoisotopic (exact) mass is 273 g/mol. The Kier molecular flexibility index (Phi) is 3.86. The summed E-state index contributed by atoms with van der Waals surface area (Å²) in [5.41, 5.74) is 0.883. The SMILES string of the molecule is CC1(C)CC(Nc2ccc(Cl)cc2Cl)CCO1. The molecule has 4 heteroatoms. The number of halogens is 2. The number of benzene rings is 1. The van der Waals surface area contributed by atoms with E-state index in [0.717, 1.165) is 25.1 Å². The van der Waals surface area contributed by atoms with Gasteiger partial charge in [-0.2, -0.15) is 0 Å². The Morgan fingerprint density at radius 2 is 2.12 bits per heavy atom. The Hall–Kier alpha value is -0.440. The topological polar surface area (TPSA) is 21.3 Å². The van der Waals surface area contributed by atoms with Crippen molar-refractivity contribution in [2.24, 2.45) is 0 Å². The lowest BCUT2D eigenvalue weighted by Crippen LogP contribution is -2.40. The molecule has 1 heterocycles. The number of nitrogens with one attached hydrogen (secondary N) is 1. The van der Waals surface area contributed by atoms with Gasteiger partial charge in [-0.1, -0.05) is 23.2 Å². The van der Waals surface area contributed by atoms with E-state index in [1.54, 1.807) is 6.07 Å². The summed E-state index contributed by atoms with van der Waals surface area (Å²) < 4.78 is 5.69. The molecule has 94 valence electrons. The highest BCUT2D eigenvalue weighted by Gasteiger charge is 2.28. The second-order valence-corrected chi connectivity index (χ2v) is 5.91. The molecule has 0 aliphatic carbocycles. The second kappa shape index (κ2) is 5.05. The summed E-state index contributed by atoms with van der Waals surface area (Å²) in [6.07, 6.45) is 1.98. The number of rotatable bonds is 2. The van der Waals surface area contributed by atoms with E-state index in [2.05, 4.69) is 19.2 Å². The van der Waals surface area contributed by atoms with Gasteiger partial charge in [-0.15, -0.1) is 0 Å². The van der Waals surface area contributed by atoms with Crippen molar-refractivity contribution in [2.75, 3.05) is 11.9 Å². The lowest BCUT2D eigenvalue weighted by atomic mass is 9.94. The minimum atomic E-state index is -0.0607. The van der Waals surface area contributed by atoms with Crippen molar-refractivity contribution >= 4 is 28.9 Å². The van der Waals surface area contributed by atoms with E-state index in [9.17, 15) is 0 Å². The van der Waals surface area contributed by atoms with Crippen molar-refractivity contribution < 1.29 is 4.74 Å². The molecule has 0 aromatic heterocycles. The molecule has 1 aliphatic rings. The summed E-state index contributed by atoms with van der Waals surface area (Å²) in [7, 11) is 0. The van der Waals surface area contributed by atoms with Crippen LogP contribution in [0.2, 0.25) is 10.0 Å². The van der Waals surface area contributed by atoms with Crippen LogP contribution in [0.4, 0.5) is 5.69 Å². The van der Waals surface area contributed by atoms with E-state index >= 15 is 0 Å². The van der Waals surface area contributed by atoms with Gasteiger partial charge in [0.2, 0.25) is 0 Å². The lowest BCUT2D eigenvalue weighted by Gasteiger charge is -2.36. The summed E-state index contributed by atoms with van der Waals surface area (Å²) in [5, 5.41) is 4.79. The van der Waals surface area contributed by atoms with Gasteiger partial charge >= 0.3 is 0 Å². The van der Waals surface area contributed by atoms with Crippen molar-refractivity contribution in [1.82, 2.24) is 0 Å². The van der Waals surface area contributed by atoms with Crippen LogP contribution in [0, 0.1) is 0 Å². The third-order valence-electron chi connectivity index (χ3n) is 2.99. The number of hydrogen-bond donors (Lipinski definition) is 1. The normalized spacial score (nSPS) is 23.4. The maximum absolute atomic E-state index is 6.14. The van der Waals surface area contributed by atoms with E-state index in [-0.39, 0.29) is 5.60 Å². The predicted molar refractivity (Wildman–Crippen MR) is 73.1 cm³/mol. The van der Waals surface area contributed by atoms with E-state index in [4.69, 9.17) is 27.9 Å². The molecule has 0 spiro atoms. The molecule has 2 nitrogen and oxygen atoms in total. The molecular weight excluding hydrogens is 257 g/mol. The van der Waals surface area contributed by atoms with Crippen LogP contribution < -0.4 is 5.32 Å². The summed E-state index contributed by atoms with van der Waals surface area (Å²) in [6, 6.07) is 5.93.